The molecule has 0 bridgehead atoms. The Morgan fingerprint density at radius 3 is 2.24 bits per heavy atom. The van der Waals surface area contributed by atoms with Crippen LogP contribution in [0.15, 0.2) is 48.7 Å². The van der Waals surface area contributed by atoms with Gasteiger partial charge in [-0.05, 0) is 57.5 Å². The number of nitrogens with one attached hydrogen (secondary N) is 1. The van der Waals surface area contributed by atoms with Crippen LogP contribution in [0.5, 0.6) is 0 Å². The first-order valence-corrected chi connectivity index (χ1v) is 13.8. The Labute approximate surface area is 201 Å². The van der Waals surface area contributed by atoms with E-state index in [4.69, 9.17) is 0 Å². The molecule has 182 valence electrons. The molecule has 8 nitrogen and oxygen atoms in total. The smallest absolute Gasteiger partial charge is 0.322 e. The number of aromatic nitrogens is 1. The van der Waals surface area contributed by atoms with Gasteiger partial charge in [0.1, 0.15) is 5.82 Å². The molecular weight excluding hydrogens is 450 g/mol. The van der Waals surface area contributed by atoms with Gasteiger partial charge in [0.2, 0.25) is 0 Å². The Morgan fingerprint density at radius 1 is 0.971 bits per heavy atom. The molecule has 2 amide bonds. The monoisotopic (exact) mass is 483 g/mol. The summed E-state index contributed by atoms with van der Waals surface area (Å²) in [5.41, 5.74) is 1.86. The van der Waals surface area contributed by atoms with Gasteiger partial charge in [-0.3, -0.25) is 9.80 Å². The first kappa shape index (κ1) is 23.1. The van der Waals surface area contributed by atoms with Crippen LogP contribution in [-0.4, -0.2) is 75.1 Å². The molecule has 3 aliphatic rings. The van der Waals surface area contributed by atoms with E-state index in [1.165, 1.54) is 5.56 Å². The van der Waals surface area contributed by atoms with Crippen LogP contribution in [0, 0.1) is 0 Å². The molecule has 1 aromatic carbocycles. The fraction of sp³-hybridized carbons (Fsp3) is 0.520. The SMILES string of the molecule is CN(C)[C@]1(c2ccccc2)CC[C@]2(CC1)CN(c1ccc(N3CCS(=O)(=O)CC3)nc1)C(=O)N2. The van der Waals surface area contributed by atoms with E-state index in [9.17, 15) is 13.2 Å². The second-order valence-electron chi connectivity index (χ2n) is 10.1. The number of anilines is 2. The standard InChI is InChI=1S/C25H33N5O3S/c1-28(2)25(20-6-4-3-5-7-20)12-10-24(11-13-25)19-30(23(31)27-24)21-8-9-22(26-18-21)29-14-16-34(32,33)17-15-29/h3-9,18H,10-17,19H2,1-2H3,(H,27,31)/t24-,25+. The molecule has 2 aromatic rings. The number of amides is 2. The van der Waals surface area contributed by atoms with E-state index in [-0.39, 0.29) is 28.6 Å². The number of nitrogens with zero attached hydrogens (tertiary/aromatic N) is 4. The zero-order chi connectivity index (χ0) is 24.0. The number of carbonyl (C=O) groups excluding carboxylic acids is 1. The fourth-order valence-corrected chi connectivity index (χ4v) is 6.95. The maximum Gasteiger partial charge on any atom is 0.322 e. The van der Waals surface area contributed by atoms with Gasteiger partial charge in [0, 0.05) is 18.6 Å². The van der Waals surface area contributed by atoms with Crippen molar-refractivity contribution in [3.05, 3.63) is 54.2 Å². The van der Waals surface area contributed by atoms with Gasteiger partial charge in [-0.25, -0.2) is 18.2 Å². The van der Waals surface area contributed by atoms with E-state index in [1.54, 1.807) is 11.1 Å². The third kappa shape index (κ3) is 4.15. The molecular formula is C25H33N5O3S. The number of hydrogen-bond acceptors (Lipinski definition) is 6. The van der Waals surface area contributed by atoms with Gasteiger partial charge in [0.15, 0.2) is 9.84 Å². The highest BCUT2D eigenvalue weighted by atomic mass is 32.2. The van der Waals surface area contributed by atoms with Gasteiger partial charge in [-0.2, -0.15) is 0 Å². The van der Waals surface area contributed by atoms with Crippen LogP contribution in [0.4, 0.5) is 16.3 Å². The summed E-state index contributed by atoms with van der Waals surface area (Å²) in [5.74, 6) is 1.07. The van der Waals surface area contributed by atoms with Crippen molar-refractivity contribution in [3.63, 3.8) is 0 Å². The maximum absolute atomic E-state index is 13.0. The van der Waals surface area contributed by atoms with Gasteiger partial charge in [-0.1, -0.05) is 30.3 Å². The molecule has 1 spiro atoms. The van der Waals surface area contributed by atoms with Gasteiger partial charge >= 0.3 is 6.03 Å². The number of urea groups is 1. The van der Waals surface area contributed by atoms with Gasteiger partial charge < -0.3 is 10.2 Å². The average molecular weight is 484 g/mol. The van der Waals surface area contributed by atoms with Gasteiger partial charge in [0.25, 0.3) is 0 Å². The minimum Gasteiger partial charge on any atom is -0.355 e. The first-order valence-electron chi connectivity index (χ1n) is 12.0. The van der Waals surface area contributed by atoms with Crippen molar-refractivity contribution in [3.8, 4) is 0 Å². The molecule has 0 atom stereocenters. The molecule has 9 heteroatoms. The molecule has 2 saturated heterocycles. The summed E-state index contributed by atoms with van der Waals surface area (Å²) >= 11 is 0. The minimum atomic E-state index is -2.93. The minimum absolute atomic E-state index is 0.0181. The molecule has 1 aromatic heterocycles. The highest BCUT2D eigenvalue weighted by Crippen LogP contribution is 2.46. The van der Waals surface area contributed by atoms with E-state index in [2.05, 4.69) is 59.6 Å². The van der Waals surface area contributed by atoms with Crippen LogP contribution in [0.3, 0.4) is 0 Å². The topological polar surface area (TPSA) is 85.8 Å². The molecule has 34 heavy (non-hydrogen) atoms. The summed E-state index contributed by atoms with van der Waals surface area (Å²) in [7, 11) is 1.36. The van der Waals surface area contributed by atoms with Crippen LogP contribution >= 0.6 is 0 Å². The summed E-state index contributed by atoms with van der Waals surface area (Å²) in [4.78, 5) is 23.6. The Morgan fingerprint density at radius 2 is 1.65 bits per heavy atom. The zero-order valence-electron chi connectivity index (χ0n) is 19.9. The van der Waals surface area contributed by atoms with E-state index in [0.29, 0.717) is 19.6 Å². The lowest BCUT2D eigenvalue weighted by Gasteiger charge is -2.48. The Balaban J connectivity index is 1.28. The van der Waals surface area contributed by atoms with Gasteiger partial charge in [-0.15, -0.1) is 0 Å². The normalized spacial score (nSPS) is 29.0. The number of benzene rings is 1. The number of rotatable bonds is 4. The molecule has 2 aliphatic heterocycles. The summed E-state index contributed by atoms with van der Waals surface area (Å²) in [6.45, 7) is 1.54. The number of pyridine rings is 1. The third-order valence-electron chi connectivity index (χ3n) is 7.99. The quantitative estimate of drug-likeness (QED) is 0.720. The molecule has 5 rings (SSSR count). The Kier molecular flexibility index (Phi) is 5.80. The third-order valence-corrected chi connectivity index (χ3v) is 9.60. The predicted molar refractivity (Wildman–Crippen MR) is 134 cm³/mol. The van der Waals surface area contributed by atoms with Crippen LogP contribution in [0.2, 0.25) is 0 Å². The molecule has 1 saturated carbocycles. The Bertz CT molecular complexity index is 1130. The lowest BCUT2D eigenvalue weighted by molar-refractivity contribution is 0.0658. The lowest BCUT2D eigenvalue weighted by Crippen LogP contribution is -2.54. The van der Waals surface area contributed by atoms with Crippen molar-refractivity contribution in [1.82, 2.24) is 15.2 Å². The second kappa shape index (κ2) is 8.53. The predicted octanol–water partition coefficient (Wildman–Crippen LogP) is 2.62. The molecule has 0 unspecified atom stereocenters. The summed E-state index contributed by atoms with van der Waals surface area (Å²) < 4.78 is 23.4. The number of sulfone groups is 1. The highest BCUT2D eigenvalue weighted by molar-refractivity contribution is 7.91. The molecule has 3 heterocycles. The number of hydrogen-bond donors (Lipinski definition) is 1. The van der Waals surface area contributed by atoms with E-state index < -0.39 is 9.84 Å². The van der Waals surface area contributed by atoms with Crippen molar-refractivity contribution in [1.29, 1.82) is 0 Å². The Hall–Kier alpha value is -2.65. The molecule has 0 radical (unpaired) electrons. The molecule has 1 aliphatic carbocycles. The van der Waals surface area contributed by atoms with E-state index in [0.717, 1.165) is 37.2 Å². The molecule has 3 fully saturated rings. The van der Waals surface area contributed by atoms with Crippen molar-refractivity contribution in [2.24, 2.45) is 0 Å². The van der Waals surface area contributed by atoms with Gasteiger partial charge in [0.05, 0.1) is 35.5 Å². The van der Waals surface area contributed by atoms with Crippen molar-refractivity contribution < 1.29 is 13.2 Å². The number of carbonyl (C=O) groups is 1. The average Bonchev–Trinajstić information content (AvgIpc) is 3.16. The van der Waals surface area contributed by atoms with E-state index in [1.807, 2.05) is 17.0 Å². The molecule has 1 N–H and O–H groups in total. The van der Waals surface area contributed by atoms with Crippen LogP contribution in [-0.2, 0) is 15.4 Å². The fourth-order valence-electron chi connectivity index (χ4n) is 5.75. The van der Waals surface area contributed by atoms with Crippen LogP contribution < -0.4 is 15.1 Å². The lowest BCUT2D eigenvalue weighted by atomic mass is 9.69. The van der Waals surface area contributed by atoms with Crippen LogP contribution in [0.25, 0.3) is 0 Å². The summed E-state index contributed by atoms with van der Waals surface area (Å²) in [5, 5.41) is 3.30. The summed E-state index contributed by atoms with van der Waals surface area (Å²) in [6, 6.07) is 14.4. The van der Waals surface area contributed by atoms with E-state index >= 15 is 0 Å². The summed E-state index contributed by atoms with van der Waals surface area (Å²) in [6.07, 6.45) is 5.51. The van der Waals surface area contributed by atoms with Crippen LogP contribution in [0.1, 0.15) is 31.2 Å². The van der Waals surface area contributed by atoms with Crippen molar-refractivity contribution >= 4 is 27.4 Å². The highest BCUT2D eigenvalue weighted by Gasteiger charge is 2.50. The van der Waals surface area contributed by atoms with Crippen molar-refractivity contribution in [2.45, 2.75) is 36.8 Å². The first-order chi connectivity index (χ1) is 16.2. The van der Waals surface area contributed by atoms with Crippen molar-refractivity contribution in [2.75, 3.05) is 55.0 Å². The zero-order valence-corrected chi connectivity index (χ0v) is 20.7. The largest absolute Gasteiger partial charge is 0.355 e. The second-order valence-corrected chi connectivity index (χ2v) is 12.4. The maximum atomic E-state index is 13.0.